The summed E-state index contributed by atoms with van der Waals surface area (Å²) in [4.78, 5) is 0. The highest BCUT2D eigenvalue weighted by Gasteiger charge is 2.44. The van der Waals surface area contributed by atoms with Crippen molar-refractivity contribution in [2.24, 2.45) is 0 Å². The molecule has 0 aromatic heterocycles. The lowest BCUT2D eigenvalue weighted by Crippen LogP contribution is -2.49. The molecule has 0 aliphatic carbocycles. The van der Waals surface area contributed by atoms with Crippen molar-refractivity contribution in [1.82, 2.24) is 5.32 Å². The van der Waals surface area contributed by atoms with Gasteiger partial charge in [-0.3, -0.25) is 0 Å². The summed E-state index contributed by atoms with van der Waals surface area (Å²) in [5.41, 5.74) is 0. The van der Waals surface area contributed by atoms with E-state index in [-0.39, 0.29) is 0 Å². The summed E-state index contributed by atoms with van der Waals surface area (Å²) >= 11 is 0. The fraction of sp³-hybridized carbons (Fsp3) is 1.00. The van der Waals surface area contributed by atoms with Crippen molar-refractivity contribution in [3.63, 3.8) is 0 Å². The third kappa shape index (κ3) is 6.57. The van der Waals surface area contributed by atoms with Crippen LogP contribution in [0.25, 0.3) is 0 Å². The molecule has 0 saturated heterocycles. The van der Waals surface area contributed by atoms with Gasteiger partial charge in [-0.05, 0) is 40.8 Å². The molecule has 0 spiro atoms. The van der Waals surface area contributed by atoms with Crippen molar-refractivity contribution in [3.05, 3.63) is 0 Å². The molecule has 0 saturated carbocycles. The lowest BCUT2D eigenvalue weighted by atomic mass is 10.5. The highest BCUT2D eigenvalue weighted by atomic mass is 28.4. The Morgan fingerprint density at radius 2 is 1.38 bits per heavy atom. The van der Waals surface area contributed by atoms with Crippen molar-refractivity contribution in [2.45, 2.75) is 27.2 Å². The van der Waals surface area contributed by atoms with Crippen molar-refractivity contribution in [2.75, 3.05) is 40.0 Å². The van der Waals surface area contributed by atoms with Crippen molar-refractivity contribution in [3.8, 4) is 0 Å². The molecule has 0 amide bonds. The number of hydrogen-bond acceptors (Lipinski definition) is 5. The predicted molar refractivity (Wildman–Crippen MR) is 65.1 cm³/mol. The molecule has 0 unspecified atom stereocenters. The lowest BCUT2D eigenvalue weighted by molar-refractivity contribution is -0.0276. The summed E-state index contributed by atoms with van der Waals surface area (Å²) in [5, 5.41) is 3.06. The maximum absolute atomic E-state index is 5.69. The van der Waals surface area contributed by atoms with Gasteiger partial charge >= 0.3 is 9.05 Å². The second-order valence-corrected chi connectivity index (χ2v) is 5.26. The van der Waals surface area contributed by atoms with E-state index in [2.05, 4.69) is 5.32 Å². The average Bonchev–Trinajstić information content (AvgIpc) is 2.26. The molecule has 98 valence electrons. The molecule has 5 nitrogen and oxygen atoms in total. The predicted octanol–water partition coefficient (Wildman–Crippen LogP) is 1.16. The first kappa shape index (κ1) is 16.0. The quantitative estimate of drug-likeness (QED) is 0.441. The minimum absolute atomic E-state index is 0.540. The van der Waals surface area contributed by atoms with Gasteiger partial charge in [-0.1, -0.05) is 0 Å². The molecule has 6 heteroatoms. The smallest absolute Gasteiger partial charge is 0.351 e. The van der Waals surface area contributed by atoms with Gasteiger partial charge in [-0.2, -0.15) is 0 Å². The first-order chi connectivity index (χ1) is 7.74. The van der Waals surface area contributed by atoms with Gasteiger partial charge in [-0.25, -0.2) is 0 Å². The third-order valence-corrected chi connectivity index (χ3v) is 4.30. The van der Waals surface area contributed by atoms with E-state index < -0.39 is 9.05 Å². The zero-order valence-corrected chi connectivity index (χ0v) is 11.9. The molecule has 0 aliphatic rings. The highest BCUT2D eigenvalue weighted by molar-refractivity contribution is 6.53. The normalized spacial score (nSPS) is 12.0. The Kier molecular flexibility index (Phi) is 10.2. The summed E-state index contributed by atoms with van der Waals surface area (Å²) in [6.45, 7) is 8.86. The Morgan fingerprint density at radius 3 is 1.75 bits per heavy atom. The van der Waals surface area contributed by atoms with E-state index in [4.69, 9.17) is 17.7 Å². The maximum Gasteiger partial charge on any atom is 0.679 e. The van der Waals surface area contributed by atoms with Crippen molar-refractivity contribution < 1.29 is 17.7 Å². The van der Waals surface area contributed by atoms with Crippen molar-refractivity contribution >= 4 is 9.05 Å². The second-order valence-electron chi connectivity index (χ2n) is 3.10. The van der Waals surface area contributed by atoms with E-state index in [1.54, 1.807) is 0 Å². The Bertz CT molecular complexity index is 143. The molecule has 0 fully saturated rings. The largest absolute Gasteiger partial charge is 0.679 e. The van der Waals surface area contributed by atoms with Crippen LogP contribution in [0, 0.1) is 0 Å². The minimum Gasteiger partial charge on any atom is -0.351 e. The summed E-state index contributed by atoms with van der Waals surface area (Å²) in [5.74, 6) is 0. The van der Waals surface area contributed by atoms with Crippen LogP contribution in [0.2, 0.25) is 0 Å². The first-order valence-electron chi connectivity index (χ1n) is 5.95. The molecule has 0 aliphatic heterocycles. The standard InChI is InChI=1S/C10H25NO4Si/c1-5-12-16(13-6-2,14-7-3)15-10-8-9-11-4/h11H,5-10H2,1-4H3. The van der Waals surface area contributed by atoms with Gasteiger partial charge in [0, 0.05) is 26.4 Å². The fourth-order valence-electron chi connectivity index (χ4n) is 1.23. The highest BCUT2D eigenvalue weighted by Crippen LogP contribution is 2.12. The monoisotopic (exact) mass is 251 g/mol. The number of rotatable bonds is 11. The average molecular weight is 251 g/mol. The van der Waals surface area contributed by atoms with E-state index in [0.29, 0.717) is 26.4 Å². The van der Waals surface area contributed by atoms with Crippen LogP contribution in [0.5, 0.6) is 0 Å². The van der Waals surface area contributed by atoms with Crippen LogP contribution < -0.4 is 5.32 Å². The maximum atomic E-state index is 5.69. The van der Waals surface area contributed by atoms with E-state index in [1.165, 1.54) is 0 Å². The summed E-state index contributed by atoms with van der Waals surface area (Å²) in [7, 11) is -0.958. The molecule has 0 aromatic carbocycles. The molecular weight excluding hydrogens is 226 g/mol. The molecule has 0 heterocycles. The topological polar surface area (TPSA) is 49.0 Å². The van der Waals surface area contributed by atoms with E-state index in [9.17, 15) is 0 Å². The SMILES string of the molecule is CCO[Si](OCC)(OCC)OCCCNC. The zero-order valence-electron chi connectivity index (χ0n) is 10.9. The van der Waals surface area contributed by atoms with Crippen LogP contribution in [0.1, 0.15) is 27.2 Å². The Labute approximate surface area is 99.9 Å². The Hall–Kier alpha value is 0.0169. The molecule has 16 heavy (non-hydrogen) atoms. The molecule has 0 bridgehead atoms. The fourth-order valence-corrected chi connectivity index (χ4v) is 3.18. The zero-order chi connectivity index (χ0) is 12.3. The van der Waals surface area contributed by atoms with Crippen LogP contribution in [-0.4, -0.2) is 49.1 Å². The van der Waals surface area contributed by atoms with Crippen LogP contribution in [0.3, 0.4) is 0 Å². The minimum atomic E-state index is -2.87. The van der Waals surface area contributed by atoms with Crippen LogP contribution in [0.15, 0.2) is 0 Å². The Morgan fingerprint density at radius 1 is 0.875 bits per heavy atom. The summed E-state index contributed by atoms with van der Waals surface area (Å²) in [6, 6.07) is 0. The van der Waals surface area contributed by atoms with Gasteiger partial charge in [0.15, 0.2) is 0 Å². The van der Waals surface area contributed by atoms with Gasteiger partial charge < -0.3 is 23.0 Å². The van der Waals surface area contributed by atoms with Gasteiger partial charge in [0.05, 0.1) is 0 Å². The van der Waals surface area contributed by atoms with E-state index >= 15 is 0 Å². The Balaban J connectivity index is 4.12. The van der Waals surface area contributed by atoms with Gasteiger partial charge in [0.25, 0.3) is 0 Å². The molecule has 0 rings (SSSR count). The lowest BCUT2D eigenvalue weighted by Gasteiger charge is -2.26. The van der Waals surface area contributed by atoms with Gasteiger partial charge in [0.2, 0.25) is 0 Å². The summed E-state index contributed by atoms with van der Waals surface area (Å²) in [6.07, 6.45) is 0.915. The number of nitrogens with one attached hydrogen (secondary N) is 1. The molecule has 0 radical (unpaired) electrons. The van der Waals surface area contributed by atoms with Crippen LogP contribution in [-0.2, 0) is 17.7 Å². The molecule has 0 atom stereocenters. The molecule has 0 aromatic rings. The van der Waals surface area contributed by atoms with Crippen LogP contribution >= 0.6 is 0 Å². The van der Waals surface area contributed by atoms with Crippen LogP contribution in [0.4, 0.5) is 0 Å². The van der Waals surface area contributed by atoms with Gasteiger partial charge in [0.1, 0.15) is 0 Å². The van der Waals surface area contributed by atoms with Crippen molar-refractivity contribution in [1.29, 1.82) is 0 Å². The second kappa shape index (κ2) is 10.2. The summed E-state index contributed by atoms with van der Waals surface area (Å²) < 4.78 is 22.3. The van der Waals surface area contributed by atoms with E-state index in [1.807, 2.05) is 27.8 Å². The number of hydrogen-bond donors (Lipinski definition) is 1. The third-order valence-electron chi connectivity index (χ3n) is 1.81. The van der Waals surface area contributed by atoms with E-state index in [0.717, 1.165) is 13.0 Å². The van der Waals surface area contributed by atoms with Gasteiger partial charge in [-0.15, -0.1) is 0 Å². The molecule has 1 N–H and O–H groups in total. The first-order valence-corrected chi connectivity index (χ1v) is 7.58. The molecular formula is C10H25NO4Si.